The van der Waals surface area contributed by atoms with Crippen LogP contribution < -0.4 is 15.6 Å². The van der Waals surface area contributed by atoms with E-state index in [9.17, 15) is 40.3 Å². The molecule has 3 aromatic carbocycles. The van der Waals surface area contributed by atoms with Crippen molar-refractivity contribution in [2.24, 2.45) is 0 Å². The average molecular weight is 706 g/mol. The first-order valence-corrected chi connectivity index (χ1v) is 15.8. The summed E-state index contributed by atoms with van der Waals surface area (Å²) in [7, 11) is 0. The molecule has 0 aliphatic carbocycles. The van der Waals surface area contributed by atoms with Crippen molar-refractivity contribution in [1.29, 1.82) is 0 Å². The largest absolute Gasteiger partial charge is 0.457 e. The van der Waals surface area contributed by atoms with Crippen molar-refractivity contribution in [3.63, 3.8) is 0 Å². The molecule has 4 aromatic rings. The van der Waals surface area contributed by atoms with Gasteiger partial charge in [0.1, 0.15) is 29.5 Å². The maximum absolute atomic E-state index is 15.8. The van der Waals surface area contributed by atoms with Crippen LogP contribution in [0.2, 0.25) is 0 Å². The van der Waals surface area contributed by atoms with Crippen molar-refractivity contribution in [3.8, 4) is 22.6 Å². The fourth-order valence-electron chi connectivity index (χ4n) is 6.54. The second kappa shape index (κ2) is 13.2. The molecular weight excluding hydrogens is 674 g/mol. The molecule has 0 saturated carbocycles. The van der Waals surface area contributed by atoms with E-state index in [-0.39, 0.29) is 66.2 Å². The predicted molar refractivity (Wildman–Crippen MR) is 168 cm³/mol. The Kier molecular flexibility index (Phi) is 9.27. The van der Waals surface area contributed by atoms with Crippen LogP contribution in [0.15, 0.2) is 71.7 Å². The lowest BCUT2D eigenvalue weighted by Crippen LogP contribution is -2.49. The van der Waals surface area contributed by atoms with E-state index in [1.54, 1.807) is 24.0 Å². The maximum Gasteiger partial charge on any atom is 0.419 e. The molecule has 50 heavy (non-hydrogen) atoms. The Morgan fingerprint density at radius 1 is 0.920 bits per heavy atom. The highest BCUT2D eigenvalue weighted by molar-refractivity contribution is 5.84. The van der Waals surface area contributed by atoms with Crippen LogP contribution in [-0.2, 0) is 23.6 Å². The molecule has 264 valence electrons. The molecule has 1 unspecified atom stereocenters. The number of alkyl halides is 7. The number of carbonyl (C=O) groups excluding carboxylic acids is 1. The molecule has 2 aliphatic rings. The first-order valence-electron chi connectivity index (χ1n) is 15.8. The van der Waals surface area contributed by atoms with Gasteiger partial charge in [0.15, 0.2) is 0 Å². The summed E-state index contributed by atoms with van der Waals surface area (Å²) < 4.78 is 121. The molecule has 0 spiro atoms. The number of carbonyl (C=O) groups is 1. The lowest BCUT2D eigenvalue weighted by Gasteiger charge is -2.34. The summed E-state index contributed by atoms with van der Waals surface area (Å²) in [5.41, 5.74) is -3.94. The number of aromatic nitrogens is 1. The van der Waals surface area contributed by atoms with Gasteiger partial charge in [-0.05, 0) is 72.4 Å². The topological polar surface area (TPSA) is 63.6 Å². The Hall–Kier alpha value is -4.72. The number of nitrogens with one attached hydrogen (secondary N) is 1. The second-order valence-corrected chi connectivity index (χ2v) is 12.5. The van der Waals surface area contributed by atoms with Gasteiger partial charge in [-0.15, -0.1) is 0 Å². The number of fused-ring (bicyclic) bond motifs is 6. The van der Waals surface area contributed by atoms with Crippen molar-refractivity contribution in [1.82, 2.24) is 14.8 Å². The lowest BCUT2D eigenvalue weighted by atomic mass is 9.91. The number of rotatable bonds is 5. The third kappa shape index (κ3) is 6.85. The molecule has 1 fully saturated rings. The van der Waals surface area contributed by atoms with Gasteiger partial charge < -0.3 is 10.1 Å². The highest BCUT2D eigenvalue weighted by atomic mass is 19.4. The number of hydrogen-bond donors (Lipinski definition) is 1. The summed E-state index contributed by atoms with van der Waals surface area (Å²) in [4.78, 5) is 29.3. The van der Waals surface area contributed by atoms with Gasteiger partial charge in [0, 0.05) is 43.0 Å². The van der Waals surface area contributed by atoms with Crippen LogP contribution in [0.4, 0.5) is 35.1 Å². The van der Waals surface area contributed by atoms with Crippen LogP contribution in [-0.4, -0.2) is 41.2 Å². The fraction of sp³-hybridized carbons (Fsp3) is 0.333. The number of nitrogens with zero attached hydrogens (tertiary/aromatic N) is 2. The highest BCUT2D eigenvalue weighted by Crippen LogP contribution is 2.43. The Labute approximate surface area is 281 Å². The van der Waals surface area contributed by atoms with Crippen molar-refractivity contribution in [2.45, 2.75) is 57.3 Å². The minimum absolute atomic E-state index is 0.0219. The highest BCUT2D eigenvalue weighted by Gasteiger charge is 2.39. The van der Waals surface area contributed by atoms with E-state index in [0.29, 0.717) is 17.7 Å². The number of ether oxygens (including phenoxy) is 1. The predicted octanol–water partition coefficient (Wildman–Crippen LogP) is 8.16. The van der Waals surface area contributed by atoms with Crippen LogP contribution in [0.25, 0.3) is 11.1 Å². The molecule has 1 amide bonds. The van der Waals surface area contributed by atoms with Gasteiger partial charge in [-0.25, -0.2) is 8.78 Å². The van der Waals surface area contributed by atoms with Gasteiger partial charge in [-0.3, -0.25) is 19.1 Å². The number of likely N-dealkylation sites (tertiary alicyclic amines) is 1. The molecule has 1 N–H and O–H groups in total. The number of aryl methyl sites for hydroxylation is 1. The van der Waals surface area contributed by atoms with Crippen molar-refractivity contribution in [3.05, 3.63) is 116 Å². The zero-order chi connectivity index (χ0) is 36.1. The third-order valence-corrected chi connectivity index (χ3v) is 9.04. The van der Waals surface area contributed by atoms with Crippen molar-refractivity contribution in [2.75, 3.05) is 19.6 Å². The first kappa shape index (κ1) is 35.1. The summed E-state index contributed by atoms with van der Waals surface area (Å²) in [6, 6.07) is 9.87. The molecular formula is C36H31F8N3O3. The zero-order valence-electron chi connectivity index (χ0n) is 26.8. The molecule has 0 radical (unpaired) electrons. The smallest absolute Gasteiger partial charge is 0.419 e. The summed E-state index contributed by atoms with van der Waals surface area (Å²) >= 11 is 0. The zero-order valence-corrected chi connectivity index (χ0v) is 26.8. The second-order valence-electron chi connectivity index (χ2n) is 12.5. The molecule has 3 heterocycles. The van der Waals surface area contributed by atoms with Gasteiger partial charge in [0.05, 0.1) is 17.2 Å². The van der Waals surface area contributed by atoms with E-state index in [1.165, 1.54) is 43.3 Å². The number of pyridine rings is 1. The fourth-order valence-corrected chi connectivity index (χ4v) is 6.54. The molecule has 14 heteroatoms. The number of halogens is 8. The summed E-state index contributed by atoms with van der Waals surface area (Å²) in [5.74, 6) is -2.37. The Balaban J connectivity index is 1.56. The van der Waals surface area contributed by atoms with Gasteiger partial charge in [0.2, 0.25) is 5.91 Å². The maximum atomic E-state index is 15.8. The minimum Gasteiger partial charge on any atom is -0.457 e. The molecule has 6 nitrogen and oxygen atoms in total. The normalized spacial score (nSPS) is 18.6. The van der Waals surface area contributed by atoms with Gasteiger partial charge in [-0.2, -0.15) is 26.3 Å². The Morgan fingerprint density at radius 3 is 2.28 bits per heavy atom. The lowest BCUT2D eigenvalue weighted by molar-refractivity contribution is -0.140. The first-order chi connectivity index (χ1) is 23.5. The van der Waals surface area contributed by atoms with E-state index < -0.39 is 64.6 Å². The Morgan fingerprint density at radius 2 is 1.62 bits per heavy atom. The molecule has 6 rings (SSSR count). The van der Waals surface area contributed by atoms with Crippen LogP contribution in [0.3, 0.4) is 0 Å². The molecule has 2 atom stereocenters. The molecule has 1 saturated heterocycles. The minimum atomic E-state index is -5.12. The quantitative estimate of drug-likeness (QED) is 0.213. The van der Waals surface area contributed by atoms with E-state index in [2.05, 4.69) is 5.32 Å². The number of hydrogen-bond acceptors (Lipinski definition) is 4. The van der Waals surface area contributed by atoms with Crippen LogP contribution in [0.1, 0.15) is 58.8 Å². The van der Waals surface area contributed by atoms with Crippen LogP contribution in [0, 0.1) is 12.7 Å². The average Bonchev–Trinajstić information content (AvgIpc) is 3.02. The van der Waals surface area contributed by atoms with E-state index in [4.69, 9.17) is 4.74 Å². The third-order valence-electron chi connectivity index (χ3n) is 9.04. The van der Waals surface area contributed by atoms with Crippen molar-refractivity contribution < 1.29 is 44.7 Å². The molecule has 2 aliphatic heterocycles. The van der Waals surface area contributed by atoms with Crippen LogP contribution >= 0.6 is 0 Å². The van der Waals surface area contributed by atoms with Gasteiger partial charge in [0.25, 0.3) is 5.56 Å². The van der Waals surface area contributed by atoms with E-state index >= 15 is 4.39 Å². The standard InChI is InChI=1S/C36H31F8N3O3/c1-3-28-25-13-22(14-27(32(25)38)36(42,43)44)31-19(2)6-4-9-29(31)50-24-8-5-7-20(12-24)33(34(49)45-28)47-16-21(10-11-46-17-23(37)18-46)26(15-30(47)48)35(39,40)41/h4-9,12-16,23,28,33H,3,10-11,17-18H2,1-2H3,(H,45,49)/t28-,33?/m0/s1. The summed E-state index contributed by atoms with van der Waals surface area (Å²) in [6.07, 6.45) is -10.5. The summed E-state index contributed by atoms with van der Waals surface area (Å²) in [6.45, 7) is 3.31. The van der Waals surface area contributed by atoms with Gasteiger partial charge >= 0.3 is 12.4 Å². The van der Waals surface area contributed by atoms with E-state index in [1.807, 2.05) is 0 Å². The van der Waals surface area contributed by atoms with E-state index in [0.717, 1.165) is 10.8 Å². The SMILES string of the molecule is CC[C@@H]1NC(=O)C(n2cc(CCN3CC(F)C3)c(C(F)(F)F)cc2=O)c2cccc(c2)Oc2cccc(C)c2-c2cc1c(F)c(C(F)(F)F)c2. The van der Waals surface area contributed by atoms with Crippen LogP contribution in [0.5, 0.6) is 11.5 Å². The number of amides is 1. The molecule has 1 aromatic heterocycles. The van der Waals surface area contributed by atoms with Gasteiger partial charge in [-0.1, -0.05) is 31.2 Å². The van der Waals surface area contributed by atoms with Crippen molar-refractivity contribution >= 4 is 5.91 Å². The number of benzene rings is 3. The molecule has 4 bridgehead atoms. The Bertz CT molecular complexity index is 2000. The monoisotopic (exact) mass is 705 g/mol. The summed E-state index contributed by atoms with van der Waals surface area (Å²) in [5, 5.41) is 2.58.